The molecular formula is C54H60ClN9O8. The number of hydrogen-bond donors (Lipinski definition) is 3. The van der Waals surface area contributed by atoms with Gasteiger partial charge in [0, 0.05) is 86.4 Å². The Hall–Kier alpha value is -7.24. The highest BCUT2D eigenvalue weighted by molar-refractivity contribution is 6.35. The van der Waals surface area contributed by atoms with Gasteiger partial charge in [0.05, 0.1) is 33.9 Å². The molecule has 0 saturated carbocycles. The number of esters is 1. The van der Waals surface area contributed by atoms with E-state index in [1.165, 1.54) is 6.07 Å². The predicted octanol–water partition coefficient (Wildman–Crippen LogP) is 7.38. The Kier molecular flexibility index (Phi) is 14.1. The number of H-pyrrole nitrogens is 1. The molecule has 0 aliphatic carbocycles. The quantitative estimate of drug-likeness (QED) is 0.0527. The summed E-state index contributed by atoms with van der Waals surface area (Å²) in [6.07, 6.45) is 1.45. The molecule has 4 aromatic carbocycles. The largest absolute Gasteiger partial charge is 0.493 e. The Bertz CT molecular complexity index is 3260. The number of aromatic amines is 1. The number of nitrogens with zero attached hydrogens (tertiary/aromatic N) is 6. The molecule has 7 aromatic rings. The average molecular weight is 999 g/mol. The average Bonchev–Trinajstić information content (AvgIpc) is 3.96. The molecule has 4 amide bonds. The van der Waals surface area contributed by atoms with Gasteiger partial charge in [-0.1, -0.05) is 54.1 Å². The zero-order valence-corrected chi connectivity index (χ0v) is 42.5. The molecule has 9 rings (SSSR count). The van der Waals surface area contributed by atoms with Gasteiger partial charge in [0.2, 0.25) is 11.8 Å². The van der Waals surface area contributed by atoms with Gasteiger partial charge in [-0.05, 0) is 90.0 Å². The van der Waals surface area contributed by atoms with E-state index >= 15 is 0 Å². The van der Waals surface area contributed by atoms with Crippen molar-refractivity contribution in [3.8, 4) is 22.6 Å². The lowest BCUT2D eigenvalue weighted by Crippen LogP contribution is -2.52. The van der Waals surface area contributed by atoms with E-state index in [1.807, 2.05) is 82.7 Å². The molecule has 17 nitrogen and oxygen atoms in total. The normalized spacial score (nSPS) is 15.6. The van der Waals surface area contributed by atoms with Crippen molar-refractivity contribution in [2.75, 3.05) is 45.9 Å². The number of amides is 4. The number of benzene rings is 4. The summed E-state index contributed by atoms with van der Waals surface area (Å²) in [5, 5.41) is 13.3. The van der Waals surface area contributed by atoms with E-state index in [2.05, 4.69) is 48.3 Å². The highest BCUT2D eigenvalue weighted by Gasteiger charge is 2.33. The van der Waals surface area contributed by atoms with Crippen LogP contribution in [0.1, 0.15) is 83.7 Å². The summed E-state index contributed by atoms with van der Waals surface area (Å²) in [6, 6.07) is 20.4. The number of rotatable bonds is 15. The van der Waals surface area contributed by atoms with E-state index in [-0.39, 0.29) is 42.6 Å². The first-order chi connectivity index (χ1) is 34.4. The molecular weight excluding hydrogens is 938 g/mol. The summed E-state index contributed by atoms with van der Waals surface area (Å²) in [6.45, 7) is 14.5. The monoisotopic (exact) mass is 997 g/mol. The Labute approximate surface area is 422 Å². The van der Waals surface area contributed by atoms with E-state index in [4.69, 9.17) is 30.9 Å². The van der Waals surface area contributed by atoms with Crippen LogP contribution in [0.2, 0.25) is 5.02 Å². The topological polar surface area (TPSA) is 195 Å². The first kappa shape index (κ1) is 49.7. The van der Waals surface area contributed by atoms with Crippen LogP contribution in [0, 0.1) is 20.8 Å². The molecule has 0 spiro atoms. The molecule has 0 bridgehead atoms. The standard InChI is InChI=1S/C54H60ClN9O8/c1-31-46(32(2)61(7)60-31)47-40(55)18-17-38-37(15-11-27-70-43-16-10-13-34-12-8-9-14-36(34)43)50(53(69)72-54(4,5)6)64(49(38)47)26-23-62-21-24-63(25-22-62)45(66)30-71-35-28-39(48-42(29-35)56-33(3)57-48)51(67)58-41-19-20-44(65)59-52(41)68/h8-10,12-14,16-18,28-29,41H,11,15,19-27,30H2,1-7H3,(H,56,57)(H,58,67)(H,59,65,68). The van der Waals surface area contributed by atoms with Gasteiger partial charge < -0.3 is 34.0 Å². The number of halogens is 1. The highest BCUT2D eigenvalue weighted by atomic mass is 35.5. The SMILES string of the molecule is Cc1nc2c(C(=O)NC3CCC(=O)NC3=O)cc(OCC(=O)N3CCN(CCn4c(C(=O)OC(C)(C)C)c(CCCOc5cccc6ccccc56)c5ccc(Cl)c(-c6c(C)nn(C)c6C)c54)CC3)cc2[nH]1. The molecule has 2 fully saturated rings. The maximum Gasteiger partial charge on any atom is 0.355 e. The Morgan fingerprint density at radius 3 is 2.40 bits per heavy atom. The third-order valence-electron chi connectivity index (χ3n) is 13.4. The molecule has 0 radical (unpaired) electrons. The molecule has 3 aromatic heterocycles. The second-order valence-corrected chi connectivity index (χ2v) is 20.0. The fraction of sp³-hybridized carbons (Fsp3) is 0.389. The summed E-state index contributed by atoms with van der Waals surface area (Å²) < 4.78 is 22.5. The molecule has 3 N–H and O–H groups in total. The van der Waals surface area contributed by atoms with E-state index in [1.54, 1.807) is 17.9 Å². The smallest absolute Gasteiger partial charge is 0.355 e. The minimum Gasteiger partial charge on any atom is -0.493 e. The second-order valence-electron chi connectivity index (χ2n) is 19.6. The highest BCUT2D eigenvalue weighted by Crippen LogP contribution is 2.42. The van der Waals surface area contributed by atoms with Crippen molar-refractivity contribution in [3.05, 3.63) is 106 Å². The van der Waals surface area contributed by atoms with Crippen molar-refractivity contribution < 1.29 is 38.2 Å². The Balaban J connectivity index is 0.933. The zero-order valence-electron chi connectivity index (χ0n) is 41.7. The van der Waals surface area contributed by atoms with Gasteiger partial charge in [-0.2, -0.15) is 5.10 Å². The van der Waals surface area contributed by atoms with Crippen LogP contribution in [0.5, 0.6) is 11.5 Å². The van der Waals surface area contributed by atoms with Gasteiger partial charge in [0.15, 0.2) is 6.61 Å². The minimum atomic E-state index is -0.878. The molecule has 18 heteroatoms. The molecule has 5 heterocycles. The number of piperidine rings is 1. The van der Waals surface area contributed by atoms with E-state index in [9.17, 15) is 24.0 Å². The second kappa shape index (κ2) is 20.5. The molecule has 2 aliphatic rings. The van der Waals surface area contributed by atoms with Crippen molar-refractivity contribution in [1.82, 2.24) is 44.7 Å². The number of imidazole rings is 1. The van der Waals surface area contributed by atoms with Gasteiger partial charge in [-0.15, -0.1) is 0 Å². The van der Waals surface area contributed by atoms with Crippen molar-refractivity contribution in [3.63, 3.8) is 0 Å². The van der Waals surface area contributed by atoms with Crippen LogP contribution in [0.25, 0.3) is 43.8 Å². The lowest BCUT2D eigenvalue weighted by molar-refractivity contribution is -0.136. The van der Waals surface area contributed by atoms with Gasteiger partial charge in [0.25, 0.3) is 11.8 Å². The van der Waals surface area contributed by atoms with Crippen molar-refractivity contribution >= 4 is 73.9 Å². The van der Waals surface area contributed by atoms with Crippen LogP contribution in [-0.2, 0) is 39.1 Å². The Morgan fingerprint density at radius 2 is 1.67 bits per heavy atom. The van der Waals surface area contributed by atoms with Crippen LogP contribution in [0.3, 0.4) is 0 Å². The number of carbonyl (C=O) groups excluding carboxylic acids is 5. The maximum atomic E-state index is 14.7. The molecule has 2 aliphatic heterocycles. The first-order valence-electron chi connectivity index (χ1n) is 24.4. The zero-order chi connectivity index (χ0) is 51.0. The number of carbonyl (C=O) groups is 5. The van der Waals surface area contributed by atoms with E-state index in [0.29, 0.717) is 86.3 Å². The van der Waals surface area contributed by atoms with Crippen molar-refractivity contribution in [2.24, 2.45) is 7.05 Å². The van der Waals surface area contributed by atoms with Gasteiger partial charge in [0.1, 0.15) is 40.2 Å². The number of fused-ring (bicyclic) bond motifs is 3. The van der Waals surface area contributed by atoms with Gasteiger partial charge >= 0.3 is 5.97 Å². The predicted molar refractivity (Wildman–Crippen MR) is 275 cm³/mol. The Morgan fingerprint density at radius 1 is 0.903 bits per heavy atom. The van der Waals surface area contributed by atoms with Crippen molar-refractivity contribution in [2.45, 2.75) is 85.4 Å². The summed E-state index contributed by atoms with van der Waals surface area (Å²) in [5.74, 6) is -0.502. The van der Waals surface area contributed by atoms with Crippen LogP contribution in [0.15, 0.2) is 66.7 Å². The maximum absolute atomic E-state index is 14.7. The fourth-order valence-electron chi connectivity index (χ4n) is 9.89. The number of imide groups is 1. The third kappa shape index (κ3) is 10.4. The third-order valence-corrected chi connectivity index (χ3v) is 13.7. The molecule has 1 atom stereocenters. The van der Waals surface area contributed by atoms with Gasteiger partial charge in [-0.3, -0.25) is 34.1 Å². The van der Waals surface area contributed by atoms with E-state index < -0.39 is 29.4 Å². The van der Waals surface area contributed by atoms with Crippen LogP contribution in [0.4, 0.5) is 0 Å². The number of piperazine rings is 1. The molecule has 1 unspecified atom stereocenters. The van der Waals surface area contributed by atoms with Crippen LogP contribution < -0.4 is 20.1 Å². The number of hydrogen-bond acceptors (Lipinski definition) is 11. The minimum absolute atomic E-state index is 0.112. The molecule has 72 heavy (non-hydrogen) atoms. The lowest BCUT2D eigenvalue weighted by Gasteiger charge is -2.35. The first-order valence-corrected chi connectivity index (χ1v) is 24.8. The summed E-state index contributed by atoms with van der Waals surface area (Å²) >= 11 is 7.22. The molecule has 376 valence electrons. The van der Waals surface area contributed by atoms with Crippen molar-refractivity contribution in [1.29, 1.82) is 0 Å². The number of aryl methyl sites for hydroxylation is 4. The number of nitrogens with one attached hydrogen (secondary N) is 3. The van der Waals surface area contributed by atoms with Gasteiger partial charge in [-0.25, -0.2) is 9.78 Å². The fourth-order valence-corrected chi connectivity index (χ4v) is 10.1. The summed E-state index contributed by atoms with van der Waals surface area (Å²) in [7, 11) is 1.91. The van der Waals surface area contributed by atoms with E-state index in [0.717, 1.165) is 55.5 Å². The lowest BCUT2D eigenvalue weighted by atomic mass is 9.98. The molecule has 2 saturated heterocycles. The number of aromatic nitrogens is 5. The number of ether oxygens (including phenoxy) is 3. The van der Waals surface area contributed by atoms with Crippen LogP contribution in [-0.4, -0.2) is 121 Å². The summed E-state index contributed by atoms with van der Waals surface area (Å²) in [5.41, 5.74) is 5.95. The van der Waals surface area contributed by atoms with Crippen LogP contribution >= 0.6 is 11.6 Å². The summed E-state index contributed by atoms with van der Waals surface area (Å²) in [4.78, 5) is 77.6.